The first kappa shape index (κ1) is 25.1. The lowest BCUT2D eigenvalue weighted by Gasteiger charge is -2.26. The van der Waals surface area contributed by atoms with E-state index in [1.807, 2.05) is 27.7 Å². The van der Waals surface area contributed by atoms with Gasteiger partial charge in [-0.2, -0.15) is 0 Å². The van der Waals surface area contributed by atoms with Crippen LogP contribution in [-0.2, 0) is 11.3 Å². The summed E-state index contributed by atoms with van der Waals surface area (Å²) in [7, 11) is 0. The standard InChI is InChI=1S/C20H25Cl3N4O4/c1-10(2)7-26(16(28)9-31-15-6-13(22)12(21)5-14(15)23)17-18(24)27(8-11(3)4)20(30)25-19(17)29/h5-6,10-11H,7-9,24H2,1-4H3,(H,25,29,30). The van der Waals surface area contributed by atoms with E-state index in [0.717, 1.165) is 0 Å². The Balaban J connectivity index is 2.42. The SMILES string of the molecule is CC(C)CN(C(=O)COc1cc(Cl)c(Cl)cc1Cl)c1c(N)n(CC(C)C)c(=O)[nH]c1=O. The fourth-order valence-corrected chi connectivity index (χ4v) is 3.49. The highest BCUT2D eigenvalue weighted by Crippen LogP contribution is 2.34. The van der Waals surface area contributed by atoms with Crippen molar-refractivity contribution in [3.05, 3.63) is 48.0 Å². The van der Waals surface area contributed by atoms with Crippen LogP contribution in [0.15, 0.2) is 21.7 Å². The summed E-state index contributed by atoms with van der Waals surface area (Å²) in [5.41, 5.74) is 4.70. The number of nitrogens with one attached hydrogen (secondary N) is 1. The van der Waals surface area contributed by atoms with Crippen molar-refractivity contribution in [2.75, 3.05) is 23.8 Å². The molecule has 0 bridgehead atoms. The van der Waals surface area contributed by atoms with Gasteiger partial charge in [-0.3, -0.25) is 19.1 Å². The van der Waals surface area contributed by atoms with E-state index in [2.05, 4.69) is 4.98 Å². The summed E-state index contributed by atoms with van der Waals surface area (Å²) in [5.74, 6) is -0.359. The highest BCUT2D eigenvalue weighted by molar-refractivity contribution is 6.43. The second-order valence-corrected chi connectivity index (χ2v) is 9.10. The Morgan fingerprint density at radius 2 is 1.71 bits per heavy atom. The third-order valence-electron chi connectivity index (χ3n) is 4.21. The number of H-pyrrole nitrogens is 1. The first-order valence-electron chi connectivity index (χ1n) is 9.62. The van der Waals surface area contributed by atoms with E-state index < -0.39 is 23.8 Å². The monoisotopic (exact) mass is 490 g/mol. The maximum absolute atomic E-state index is 13.0. The Hall–Kier alpha value is -2.16. The molecule has 2 rings (SSSR count). The number of nitrogen functional groups attached to an aromatic ring is 1. The average Bonchev–Trinajstić information content (AvgIpc) is 2.65. The van der Waals surface area contributed by atoms with Gasteiger partial charge < -0.3 is 15.4 Å². The molecule has 1 amide bonds. The molecule has 170 valence electrons. The van der Waals surface area contributed by atoms with Crippen LogP contribution >= 0.6 is 34.8 Å². The smallest absolute Gasteiger partial charge is 0.330 e. The van der Waals surface area contributed by atoms with Crippen molar-refractivity contribution in [1.82, 2.24) is 9.55 Å². The second kappa shape index (κ2) is 10.4. The van der Waals surface area contributed by atoms with E-state index in [1.54, 1.807) is 0 Å². The number of nitrogens with two attached hydrogens (primary N) is 1. The Morgan fingerprint density at radius 3 is 2.29 bits per heavy atom. The van der Waals surface area contributed by atoms with Crippen LogP contribution in [0, 0.1) is 11.8 Å². The first-order chi connectivity index (χ1) is 14.4. The maximum atomic E-state index is 13.0. The van der Waals surface area contributed by atoms with Crippen LogP contribution in [0.4, 0.5) is 11.5 Å². The molecule has 1 aromatic heterocycles. The summed E-state index contributed by atoms with van der Waals surface area (Å²) in [4.78, 5) is 41.3. The Morgan fingerprint density at radius 1 is 1.10 bits per heavy atom. The summed E-state index contributed by atoms with van der Waals surface area (Å²) in [6.45, 7) is 7.60. The van der Waals surface area contributed by atoms with E-state index in [4.69, 9.17) is 45.3 Å². The van der Waals surface area contributed by atoms with Gasteiger partial charge in [0.25, 0.3) is 11.5 Å². The van der Waals surface area contributed by atoms with Gasteiger partial charge >= 0.3 is 5.69 Å². The molecule has 1 aromatic carbocycles. The minimum absolute atomic E-state index is 0.00166. The van der Waals surface area contributed by atoms with Crippen molar-refractivity contribution < 1.29 is 9.53 Å². The normalized spacial score (nSPS) is 11.3. The Labute approximate surface area is 194 Å². The lowest BCUT2D eigenvalue weighted by molar-refractivity contribution is -0.120. The van der Waals surface area contributed by atoms with Crippen LogP contribution in [0.1, 0.15) is 27.7 Å². The fraction of sp³-hybridized carbons (Fsp3) is 0.450. The molecule has 0 unspecified atom stereocenters. The third kappa shape index (κ3) is 6.18. The van der Waals surface area contributed by atoms with E-state index in [1.165, 1.54) is 21.6 Å². The molecule has 2 aromatic rings. The molecule has 0 radical (unpaired) electrons. The maximum Gasteiger partial charge on any atom is 0.330 e. The number of hydrogen-bond acceptors (Lipinski definition) is 5. The van der Waals surface area contributed by atoms with Gasteiger partial charge in [0, 0.05) is 19.2 Å². The molecule has 1 heterocycles. The molecule has 0 saturated carbocycles. The number of rotatable bonds is 8. The molecule has 0 atom stereocenters. The average molecular weight is 492 g/mol. The van der Waals surface area contributed by atoms with Crippen molar-refractivity contribution in [2.24, 2.45) is 11.8 Å². The molecule has 0 spiro atoms. The Kier molecular flexibility index (Phi) is 8.45. The highest BCUT2D eigenvalue weighted by atomic mass is 35.5. The quantitative estimate of drug-likeness (QED) is 0.546. The van der Waals surface area contributed by atoms with E-state index in [9.17, 15) is 14.4 Å². The minimum Gasteiger partial charge on any atom is -0.482 e. The van der Waals surface area contributed by atoms with Crippen LogP contribution in [-0.4, -0.2) is 28.6 Å². The molecule has 0 aliphatic carbocycles. The number of halogens is 3. The topological polar surface area (TPSA) is 110 Å². The molecule has 3 N–H and O–H groups in total. The van der Waals surface area contributed by atoms with Gasteiger partial charge in [-0.05, 0) is 17.9 Å². The molecule has 0 saturated heterocycles. The molecular weight excluding hydrogens is 467 g/mol. The number of carbonyl (C=O) groups excluding carboxylic acids is 1. The minimum atomic E-state index is -0.746. The van der Waals surface area contributed by atoms with Gasteiger partial charge in [0.1, 0.15) is 11.6 Å². The summed E-state index contributed by atoms with van der Waals surface area (Å²) < 4.78 is 6.78. The molecule has 0 aliphatic heterocycles. The van der Waals surface area contributed by atoms with Crippen LogP contribution in [0.2, 0.25) is 15.1 Å². The van der Waals surface area contributed by atoms with Gasteiger partial charge in [-0.15, -0.1) is 0 Å². The molecule has 31 heavy (non-hydrogen) atoms. The lowest BCUT2D eigenvalue weighted by atomic mass is 10.2. The molecule has 11 heteroatoms. The molecule has 0 aliphatic rings. The predicted octanol–water partition coefficient (Wildman–Crippen LogP) is 3.80. The van der Waals surface area contributed by atoms with Crippen molar-refractivity contribution in [3.8, 4) is 5.75 Å². The summed E-state index contributed by atoms with van der Waals surface area (Å²) in [6.07, 6.45) is 0. The number of benzene rings is 1. The van der Waals surface area contributed by atoms with Crippen molar-refractivity contribution >= 4 is 52.2 Å². The van der Waals surface area contributed by atoms with Gasteiger partial charge in [-0.25, -0.2) is 4.79 Å². The summed E-state index contributed by atoms with van der Waals surface area (Å²) in [5, 5.41) is 0.646. The largest absolute Gasteiger partial charge is 0.482 e. The van der Waals surface area contributed by atoms with Crippen molar-refractivity contribution in [3.63, 3.8) is 0 Å². The van der Waals surface area contributed by atoms with Crippen molar-refractivity contribution in [2.45, 2.75) is 34.2 Å². The lowest BCUT2D eigenvalue weighted by Crippen LogP contribution is -2.44. The van der Waals surface area contributed by atoms with E-state index in [-0.39, 0.29) is 57.2 Å². The van der Waals surface area contributed by atoms with E-state index in [0.29, 0.717) is 0 Å². The van der Waals surface area contributed by atoms with Gasteiger partial charge in [0.05, 0.1) is 15.1 Å². The fourth-order valence-electron chi connectivity index (χ4n) is 2.90. The first-order valence-corrected chi connectivity index (χ1v) is 10.8. The number of aromatic nitrogens is 2. The number of anilines is 2. The molecule has 0 fully saturated rings. The van der Waals surface area contributed by atoms with Gasteiger partial charge in [0.2, 0.25) is 0 Å². The van der Waals surface area contributed by atoms with Crippen LogP contribution in [0.25, 0.3) is 0 Å². The zero-order valence-electron chi connectivity index (χ0n) is 17.7. The van der Waals surface area contributed by atoms with Crippen LogP contribution in [0.3, 0.4) is 0 Å². The third-order valence-corrected chi connectivity index (χ3v) is 5.22. The predicted molar refractivity (Wildman–Crippen MR) is 125 cm³/mol. The highest BCUT2D eigenvalue weighted by Gasteiger charge is 2.26. The van der Waals surface area contributed by atoms with Gasteiger partial charge in [-0.1, -0.05) is 62.5 Å². The van der Waals surface area contributed by atoms with Gasteiger partial charge in [0.15, 0.2) is 12.3 Å². The zero-order valence-corrected chi connectivity index (χ0v) is 19.9. The number of hydrogen-bond donors (Lipinski definition) is 2. The summed E-state index contributed by atoms with van der Waals surface area (Å²) in [6, 6.07) is 2.80. The number of amides is 1. The van der Waals surface area contributed by atoms with E-state index >= 15 is 0 Å². The number of carbonyl (C=O) groups is 1. The Bertz CT molecular complexity index is 1080. The van der Waals surface area contributed by atoms with Crippen molar-refractivity contribution in [1.29, 1.82) is 0 Å². The number of nitrogens with zero attached hydrogens (tertiary/aromatic N) is 2. The molecule has 8 nitrogen and oxygen atoms in total. The van der Waals surface area contributed by atoms with Crippen LogP contribution < -0.4 is 26.6 Å². The summed E-state index contributed by atoms with van der Waals surface area (Å²) >= 11 is 18.0. The molecular formula is C20H25Cl3N4O4. The van der Waals surface area contributed by atoms with Crippen LogP contribution in [0.5, 0.6) is 5.75 Å². The number of aromatic amines is 1. The number of ether oxygens (including phenoxy) is 1. The second-order valence-electron chi connectivity index (χ2n) is 7.88. The zero-order chi connectivity index (χ0) is 23.5.